The molecule has 2 heteroatoms. The quantitative estimate of drug-likeness (QED) is 0.681. The number of hydrogen-bond donors (Lipinski definition) is 1. The van der Waals surface area contributed by atoms with E-state index in [1.54, 1.807) is 0 Å². The van der Waals surface area contributed by atoms with Gasteiger partial charge in [0.05, 0.1) is 0 Å². The van der Waals surface area contributed by atoms with E-state index in [1.807, 2.05) is 0 Å². The largest absolute Gasteiger partial charge is 0.316 e. The maximum atomic E-state index is 3.67. The Morgan fingerprint density at radius 3 is 1.89 bits per heavy atom. The Morgan fingerprint density at radius 2 is 1.53 bits per heavy atom. The Morgan fingerprint density at radius 1 is 1.00 bits per heavy atom. The molecule has 0 amide bonds. The van der Waals surface area contributed by atoms with Gasteiger partial charge in [-0.3, -0.25) is 0 Å². The maximum Gasteiger partial charge on any atom is 0.00471 e. The molecule has 1 N–H and O–H groups in total. The van der Waals surface area contributed by atoms with Crippen molar-refractivity contribution in [3.63, 3.8) is 0 Å². The van der Waals surface area contributed by atoms with Gasteiger partial charge < -0.3 is 10.2 Å². The van der Waals surface area contributed by atoms with Crippen LogP contribution in [0.4, 0.5) is 0 Å². The molecule has 0 aromatic heterocycles. The highest BCUT2D eigenvalue weighted by molar-refractivity contribution is 4.83. The van der Waals surface area contributed by atoms with Gasteiger partial charge in [-0.15, -0.1) is 0 Å². The van der Waals surface area contributed by atoms with Crippen molar-refractivity contribution >= 4 is 0 Å². The van der Waals surface area contributed by atoms with E-state index < -0.39 is 0 Å². The van der Waals surface area contributed by atoms with Crippen LogP contribution < -0.4 is 5.32 Å². The lowest BCUT2D eigenvalue weighted by atomic mass is 9.81. The second kappa shape index (κ2) is 8.26. The molecule has 0 unspecified atom stereocenters. The smallest absolute Gasteiger partial charge is 0.00471 e. The van der Waals surface area contributed by atoms with E-state index >= 15 is 0 Å². The standard InChI is InChI=1S/C17H38N2/c1-9-17(10-2,12-18-11-15(3)4)14-19(8)13-16(5,6)7/h15,18H,9-14H2,1-8H3. The molecular formula is C17H38N2. The van der Waals surface area contributed by atoms with Crippen LogP contribution in [0.1, 0.15) is 61.3 Å². The van der Waals surface area contributed by atoms with Crippen LogP contribution in [0.5, 0.6) is 0 Å². The van der Waals surface area contributed by atoms with Crippen molar-refractivity contribution in [1.82, 2.24) is 10.2 Å². The Bertz CT molecular complexity index is 224. The number of hydrogen-bond acceptors (Lipinski definition) is 2. The Kier molecular flexibility index (Phi) is 8.23. The molecule has 0 atom stereocenters. The van der Waals surface area contributed by atoms with Crippen molar-refractivity contribution in [2.24, 2.45) is 16.7 Å². The molecule has 0 bridgehead atoms. The fourth-order valence-electron chi connectivity index (χ4n) is 2.84. The Hall–Kier alpha value is -0.0800. The predicted octanol–water partition coefficient (Wildman–Crippen LogP) is 4.02. The van der Waals surface area contributed by atoms with Crippen molar-refractivity contribution in [3.8, 4) is 0 Å². The molecule has 0 radical (unpaired) electrons. The summed E-state index contributed by atoms with van der Waals surface area (Å²) in [5.74, 6) is 0.735. The van der Waals surface area contributed by atoms with E-state index in [2.05, 4.69) is 65.7 Å². The van der Waals surface area contributed by atoms with Crippen molar-refractivity contribution in [3.05, 3.63) is 0 Å². The third kappa shape index (κ3) is 8.65. The third-order valence-corrected chi connectivity index (χ3v) is 3.90. The zero-order chi connectivity index (χ0) is 15.1. The summed E-state index contributed by atoms with van der Waals surface area (Å²) in [6, 6.07) is 0. The molecule has 0 saturated heterocycles. The molecule has 0 aliphatic heterocycles. The topological polar surface area (TPSA) is 15.3 Å². The van der Waals surface area contributed by atoms with Crippen LogP contribution in [-0.2, 0) is 0 Å². The molecule has 19 heavy (non-hydrogen) atoms. The van der Waals surface area contributed by atoms with Gasteiger partial charge in [-0.25, -0.2) is 0 Å². The predicted molar refractivity (Wildman–Crippen MR) is 87.7 cm³/mol. The highest BCUT2D eigenvalue weighted by atomic mass is 15.1. The van der Waals surface area contributed by atoms with E-state index in [4.69, 9.17) is 0 Å². The Balaban J connectivity index is 4.43. The van der Waals surface area contributed by atoms with Crippen LogP contribution in [0.15, 0.2) is 0 Å². The average Bonchev–Trinajstić information content (AvgIpc) is 2.24. The van der Waals surface area contributed by atoms with Gasteiger partial charge in [0.2, 0.25) is 0 Å². The molecule has 0 spiro atoms. The normalized spacial score (nSPS) is 13.6. The van der Waals surface area contributed by atoms with E-state index in [0.717, 1.165) is 19.0 Å². The molecule has 0 aliphatic rings. The molecule has 0 saturated carbocycles. The van der Waals surface area contributed by atoms with Crippen molar-refractivity contribution in [2.75, 3.05) is 33.2 Å². The molecule has 0 rings (SSSR count). The maximum absolute atomic E-state index is 3.67. The van der Waals surface area contributed by atoms with E-state index in [1.165, 1.54) is 25.9 Å². The molecule has 0 aromatic rings. The zero-order valence-electron chi connectivity index (χ0n) is 14.8. The molecule has 0 heterocycles. The first-order valence-corrected chi connectivity index (χ1v) is 8.03. The van der Waals surface area contributed by atoms with Crippen LogP contribution in [0.25, 0.3) is 0 Å². The van der Waals surface area contributed by atoms with Gasteiger partial charge >= 0.3 is 0 Å². The number of nitrogens with one attached hydrogen (secondary N) is 1. The van der Waals surface area contributed by atoms with E-state index in [0.29, 0.717) is 10.8 Å². The molecule has 0 aromatic carbocycles. The second-order valence-corrected chi connectivity index (χ2v) is 7.96. The van der Waals surface area contributed by atoms with Crippen LogP contribution in [0.2, 0.25) is 0 Å². The minimum atomic E-state index is 0.382. The van der Waals surface area contributed by atoms with Crippen molar-refractivity contribution in [2.45, 2.75) is 61.3 Å². The molecule has 2 nitrogen and oxygen atoms in total. The van der Waals surface area contributed by atoms with Crippen LogP contribution in [0.3, 0.4) is 0 Å². The highest BCUT2D eigenvalue weighted by Gasteiger charge is 2.28. The van der Waals surface area contributed by atoms with Gasteiger partial charge in [0.25, 0.3) is 0 Å². The summed E-state index contributed by atoms with van der Waals surface area (Å²) >= 11 is 0. The van der Waals surface area contributed by atoms with Crippen molar-refractivity contribution < 1.29 is 0 Å². The summed E-state index contributed by atoms with van der Waals surface area (Å²) in [5.41, 5.74) is 0.808. The lowest BCUT2D eigenvalue weighted by molar-refractivity contribution is 0.125. The van der Waals surface area contributed by atoms with Gasteiger partial charge in [0, 0.05) is 19.6 Å². The van der Waals surface area contributed by atoms with Crippen molar-refractivity contribution in [1.29, 1.82) is 0 Å². The van der Waals surface area contributed by atoms with Gasteiger partial charge in [-0.2, -0.15) is 0 Å². The lowest BCUT2D eigenvalue weighted by Crippen LogP contribution is -2.45. The molecule has 116 valence electrons. The first kappa shape index (κ1) is 18.9. The average molecular weight is 271 g/mol. The summed E-state index contributed by atoms with van der Waals surface area (Å²) in [5, 5.41) is 3.67. The second-order valence-electron chi connectivity index (χ2n) is 7.96. The van der Waals surface area contributed by atoms with Gasteiger partial charge in [-0.1, -0.05) is 48.5 Å². The van der Waals surface area contributed by atoms with Gasteiger partial charge in [-0.05, 0) is 43.2 Å². The van der Waals surface area contributed by atoms with Gasteiger partial charge in [0.1, 0.15) is 0 Å². The number of rotatable bonds is 9. The lowest BCUT2D eigenvalue weighted by Gasteiger charge is -2.38. The minimum absolute atomic E-state index is 0.382. The summed E-state index contributed by atoms with van der Waals surface area (Å²) in [6.07, 6.45) is 2.51. The minimum Gasteiger partial charge on any atom is -0.316 e. The molecule has 0 aliphatic carbocycles. The Labute approximate surface area is 122 Å². The van der Waals surface area contributed by atoms with E-state index in [9.17, 15) is 0 Å². The summed E-state index contributed by atoms with van der Waals surface area (Å²) in [7, 11) is 2.27. The van der Waals surface area contributed by atoms with Gasteiger partial charge in [0.15, 0.2) is 0 Å². The summed E-state index contributed by atoms with van der Waals surface area (Å²) in [4.78, 5) is 2.52. The first-order chi connectivity index (χ1) is 8.64. The highest BCUT2D eigenvalue weighted by Crippen LogP contribution is 2.28. The summed E-state index contributed by atoms with van der Waals surface area (Å²) in [6.45, 7) is 20.8. The summed E-state index contributed by atoms with van der Waals surface area (Å²) < 4.78 is 0. The monoisotopic (exact) mass is 270 g/mol. The molecular weight excluding hydrogens is 232 g/mol. The fraction of sp³-hybridized carbons (Fsp3) is 1.00. The third-order valence-electron chi connectivity index (χ3n) is 3.90. The first-order valence-electron chi connectivity index (χ1n) is 8.03. The SMILES string of the molecule is CCC(CC)(CNCC(C)C)CN(C)CC(C)(C)C. The molecule has 0 fully saturated rings. The zero-order valence-corrected chi connectivity index (χ0v) is 14.8. The number of nitrogens with zero attached hydrogens (tertiary/aromatic N) is 1. The van der Waals surface area contributed by atoms with E-state index in [-0.39, 0.29) is 0 Å². The fourth-order valence-corrected chi connectivity index (χ4v) is 2.84. The van der Waals surface area contributed by atoms with Crippen LogP contribution >= 0.6 is 0 Å². The van der Waals surface area contributed by atoms with Crippen LogP contribution in [0, 0.1) is 16.7 Å². The van der Waals surface area contributed by atoms with Crippen LogP contribution in [-0.4, -0.2) is 38.1 Å².